The summed E-state index contributed by atoms with van der Waals surface area (Å²) in [6, 6.07) is 10.4. The van der Waals surface area contributed by atoms with Crippen LogP contribution in [0, 0.1) is 0 Å². The quantitative estimate of drug-likeness (QED) is 0.437. The average molecular weight is 418 g/mol. The van der Waals surface area contributed by atoms with Crippen molar-refractivity contribution in [3.8, 4) is 5.88 Å². The van der Waals surface area contributed by atoms with Crippen LogP contribution < -0.4 is 21.4 Å². The molecule has 0 saturated heterocycles. The zero-order valence-corrected chi connectivity index (χ0v) is 17.1. The van der Waals surface area contributed by atoms with Gasteiger partial charge in [-0.1, -0.05) is 30.3 Å². The Morgan fingerprint density at radius 3 is 2.71 bits per heavy atom. The molecule has 0 amide bonds. The third kappa shape index (κ3) is 3.67. The Hall–Kier alpha value is -3.95. The van der Waals surface area contributed by atoms with Crippen molar-refractivity contribution >= 4 is 17.7 Å². The number of benzene rings is 1. The van der Waals surface area contributed by atoms with Gasteiger partial charge in [-0.25, -0.2) is 9.79 Å². The molecular formula is C21H22N8O2. The Morgan fingerprint density at radius 2 is 2.03 bits per heavy atom. The second kappa shape index (κ2) is 7.38. The minimum atomic E-state index is -0.489. The summed E-state index contributed by atoms with van der Waals surface area (Å²) in [5.74, 6) is 0.279. The van der Waals surface area contributed by atoms with Gasteiger partial charge in [0.15, 0.2) is 5.65 Å². The molecule has 3 N–H and O–H groups in total. The van der Waals surface area contributed by atoms with Gasteiger partial charge in [-0.15, -0.1) is 0 Å². The first-order chi connectivity index (χ1) is 15.0. The Bertz CT molecular complexity index is 1420. The van der Waals surface area contributed by atoms with Crippen LogP contribution in [0.2, 0.25) is 0 Å². The van der Waals surface area contributed by atoms with Crippen LogP contribution in [0.3, 0.4) is 0 Å². The Kier molecular flexibility index (Phi) is 4.54. The number of anilines is 1. The van der Waals surface area contributed by atoms with Crippen molar-refractivity contribution in [2.24, 2.45) is 4.99 Å². The molecule has 158 valence electrons. The first-order valence-electron chi connectivity index (χ1n) is 10.1. The van der Waals surface area contributed by atoms with E-state index in [0.29, 0.717) is 22.4 Å². The van der Waals surface area contributed by atoms with Gasteiger partial charge >= 0.3 is 5.69 Å². The highest BCUT2D eigenvalue weighted by Gasteiger charge is 2.22. The van der Waals surface area contributed by atoms with Crippen molar-refractivity contribution in [3.05, 3.63) is 69.1 Å². The summed E-state index contributed by atoms with van der Waals surface area (Å²) >= 11 is 0. The number of hydrogen-bond acceptors (Lipinski definition) is 7. The number of fused-ring (bicyclic) bond motifs is 1. The second-order valence-corrected chi connectivity index (χ2v) is 7.70. The molecule has 1 saturated carbocycles. The monoisotopic (exact) mass is 418 g/mol. The van der Waals surface area contributed by atoms with E-state index < -0.39 is 5.69 Å². The Balaban J connectivity index is 1.67. The van der Waals surface area contributed by atoms with Crippen molar-refractivity contribution in [1.29, 1.82) is 0 Å². The zero-order chi connectivity index (χ0) is 21.5. The second-order valence-electron chi connectivity index (χ2n) is 7.70. The minimum absolute atomic E-state index is 0.0397. The van der Waals surface area contributed by atoms with Crippen molar-refractivity contribution < 1.29 is 5.11 Å². The van der Waals surface area contributed by atoms with Crippen LogP contribution in [-0.4, -0.2) is 47.7 Å². The number of aromatic nitrogens is 6. The summed E-state index contributed by atoms with van der Waals surface area (Å²) in [4.78, 5) is 32.5. The molecular weight excluding hydrogens is 396 g/mol. The molecule has 0 spiro atoms. The predicted molar refractivity (Wildman–Crippen MR) is 114 cm³/mol. The van der Waals surface area contributed by atoms with Crippen LogP contribution in [0.4, 0.5) is 5.95 Å². The van der Waals surface area contributed by atoms with Crippen molar-refractivity contribution in [2.45, 2.75) is 31.8 Å². The number of imidazole rings is 1. The lowest BCUT2D eigenvalue weighted by Crippen LogP contribution is -2.30. The molecule has 0 aliphatic heterocycles. The lowest BCUT2D eigenvalue weighted by molar-refractivity contribution is 0.454. The summed E-state index contributed by atoms with van der Waals surface area (Å²) in [5, 5.41) is 14.9. The summed E-state index contributed by atoms with van der Waals surface area (Å²) in [6.07, 6.45) is 5.31. The number of H-pyrrole nitrogens is 2. The van der Waals surface area contributed by atoms with Gasteiger partial charge in [-0.3, -0.25) is 4.98 Å². The Morgan fingerprint density at radius 1 is 1.26 bits per heavy atom. The molecule has 1 aliphatic carbocycles. The fourth-order valence-electron chi connectivity index (χ4n) is 3.36. The van der Waals surface area contributed by atoms with E-state index in [-0.39, 0.29) is 23.7 Å². The number of nitrogens with zero attached hydrogens (tertiary/aromatic N) is 6. The normalized spacial score (nSPS) is 16.2. The van der Waals surface area contributed by atoms with Gasteiger partial charge in [-0.05, 0) is 31.4 Å². The van der Waals surface area contributed by atoms with E-state index in [2.05, 4.69) is 34.1 Å². The fraction of sp³-hybridized carbons (Fsp3) is 0.286. The van der Waals surface area contributed by atoms with Gasteiger partial charge in [0, 0.05) is 12.3 Å². The van der Waals surface area contributed by atoms with E-state index >= 15 is 0 Å². The van der Waals surface area contributed by atoms with Crippen LogP contribution in [0.15, 0.2) is 46.3 Å². The largest absolute Gasteiger partial charge is 0.493 e. The molecule has 3 heterocycles. The van der Waals surface area contributed by atoms with Gasteiger partial charge in [0.05, 0.1) is 18.3 Å². The Labute approximate surface area is 176 Å². The summed E-state index contributed by atoms with van der Waals surface area (Å²) in [5.41, 5.74) is 1.94. The zero-order valence-electron chi connectivity index (χ0n) is 17.1. The maximum atomic E-state index is 11.5. The van der Waals surface area contributed by atoms with Gasteiger partial charge in [0.25, 0.3) is 5.62 Å². The van der Waals surface area contributed by atoms with Crippen molar-refractivity contribution in [1.82, 2.24) is 29.5 Å². The van der Waals surface area contributed by atoms with Gasteiger partial charge < -0.3 is 15.0 Å². The molecule has 1 unspecified atom stereocenters. The predicted octanol–water partition coefficient (Wildman–Crippen LogP) is 0.654. The maximum absolute atomic E-state index is 11.5. The van der Waals surface area contributed by atoms with Crippen LogP contribution >= 0.6 is 0 Å². The molecule has 1 aliphatic rings. The van der Waals surface area contributed by atoms with Crippen molar-refractivity contribution in [2.75, 3.05) is 11.9 Å². The third-order valence-electron chi connectivity index (χ3n) is 5.42. The molecule has 0 bridgehead atoms. The highest BCUT2D eigenvalue weighted by Crippen LogP contribution is 2.23. The number of nitrogens with one attached hydrogen (secondary N) is 2. The van der Waals surface area contributed by atoms with Crippen LogP contribution in [0.5, 0.6) is 5.88 Å². The minimum Gasteiger partial charge on any atom is -0.493 e. The molecule has 10 nitrogen and oxygen atoms in total. The summed E-state index contributed by atoms with van der Waals surface area (Å²) in [6.45, 7) is 2.09. The van der Waals surface area contributed by atoms with E-state index in [1.807, 2.05) is 30.1 Å². The van der Waals surface area contributed by atoms with E-state index in [0.717, 1.165) is 18.4 Å². The number of aromatic hydroxyl groups is 1. The van der Waals surface area contributed by atoms with Gasteiger partial charge in [-0.2, -0.15) is 19.6 Å². The molecule has 1 aromatic carbocycles. The molecule has 1 atom stereocenters. The summed E-state index contributed by atoms with van der Waals surface area (Å²) < 4.78 is 1.59. The maximum Gasteiger partial charge on any atom is 0.326 e. The molecule has 3 aromatic heterocycles. The van der Waals surface area contributed by atoms with Crippen LogP contribution in [-0.2, 0) is 0 Å². The summed E-state index contributed by atoms with van der Waals surface area (Å²) in [7, 11) is 1.94. The van der Waals surface area contributed by atoms with Crippen LogP contribution in [0.25, 0.3) is 11.7 Å². The lowest BCUT2D eigenvalue weighted by atomic mass is 10.1. The van der Waals surface area contributed by atoms with E-state index in [9.17, 15) is 9.90 Å². The molecule has 5 rings (SSSR count). The van der Waals surface area contributed by atoms with Crippen LogP contribution in [0.1, 0.15) is 37.1 Å². The number of rotatable bonds is 5. The highest BCUT2D eigenvalue weighted by molar-refractivity contribution is 5.57. The van der Waals surface area contributed by atoms with E-state index in [4.69, 9.17) is 15.0 Å². The molecule has 1 fully saturated rings. The number of hydrogen-bond donors (Lipinski definition) is 3. The first kappa shape index (κ1) is 19.0. The SMILES string of the molecule is CC(c1ccccc1)N(C)c1nc(=NC2CC2)n2ncc(=Cc3[nH]c(=O)[nH]c3O)c2n1. The van der Waals surface area contributed by atoms with E-state index in [1.54, 1.807) is 16.8 Å². The van der Waals surface area contributed by atoms with Gasteiger partial charge in [0.1, 0.15) is 5.69 Å². The molecule has 10 heteroatoms. The first-order valence-corrected chi connectivity index (χ1v) is 10.1. The van der Waals surface area contributed by atoms with Crippen molar-refractivity contribution in [3.63, 3.8) is 0 Å². The average Bonchev–Trinajstić information content (AvgIpc) is 3.41. The smallest absolute Gasteiger partial charge is 0.326 e. The molecule has 0 radical (unpaired) electrons. The molecule has 4 aromatic rings. The highest BCUT2D eigenvalue weighted by atomic mass is 16.3. The fourth-order valence-corrected chi connectivity index (χ4v) is 3.36. The van der Waals surface area contributed by atoms with E-state index in [1.165, 1.54) is 0 Å². The lowest BCUT2D eigenvalue weighted by Gasteiger charge is -2.25. The molecule has 31 heavy (non-hydrogen) atoms. The van der Waals surface area contributed by atoms with Gasteiger partial charge in [0.2, 0.25) is 11.8 Å². The standard InChI is InChI=1S/C21H22N8O2/c1-12(13-6-4-3-5-7-13)28(2)19-25-17-14(10-16-18(30)26-21(31)24-16)11-22-29(17)20(27-19)23-15-8-9-15/h3-7,10-12,15,30H,8-9H2,1-2H3,(H2,24,26,31). The number of aromatic amines is 2. The topological polar surface area (TPSA) is 128 Å². The third-order valence-corrected chi connectivity index (χ3v) is 5.42.